The van der Waals surface area contributed by atoms with Gasteiger partial charge in [0.2, 0.25) is 10.0 Å². The van der Waals surface area contributed by atoms with Crippen LogP contribution in [0.25, 0.3) is 10.2 Å². The van der Waals surface area contributed by atoms with Crippen molar-refractivity contribution >= 4 is 54.2 Å². The predicted molar refractivity (Wildman–Crippen MR) is 150 cm³/mol. The first-order chi connectivity index (χ1) is 17.8. The van der Waals surface area contributed by atoms with E-state index in [4.69, 9.17) is 16.6 Å². The Hall–Kier alpha value is -3.37. The summed E-state index contributed by atoms with van der Waals surface area (Å²) >= 11 is 7.74. The maximum Gasteiger partial charge on any atom is 0.260 e. The Morgan fingerprint density at radius 1 is 1.05 bits per heavy atom. The number of hydrogen-bond donors (Lipinski definition) is 0. The molecule has 1 amide bonds. The Kier molecular flexibility index (Phi) is 8.19. The second-order valence-corrected chi connectivity index (χ2v) is 11.5. The van der Waals surface area contributed by atoms with E-state index in [-0.39, 0.29) is 30.4 Å². The van der Waals surface area contributed by atoms with Crippen LogP contribution < -0.4 is 4.90 Å². The molecule has 0 aliphatic heterocycles. The minimum Gasteiger partial charge on any atom is -0.278 e. The molecule has 7 nitrogen and oxygen atoms in total. The van der Waals surface area contributed by atoms with E-state index in [1.54, 1.807) is 12.3 Å². The molecule has 0 bridgehead atoms. The van der Waals surface area contributed by atoms with E-state index in [1.807, 2.05) is 31.2 Å². The van der Waals surface area contributed by atoms with Crippen molar-refractivity contribution in [3.63, 3.8) is 0 Å². The van der Waals surface area contributed by atoms with Crippen molar-refractivity contribution in [1.29, 1.82) is 0 Å². The van der Waals surface area contributed by atoms with Crippen LogP contribution in [0, 0.1) is 6.92 Å². The molecular weight excluding hydrogens is 528 g/mol. The highest BCUT2D eigenvalue weighted by Gasteiger charge is 2.26. The number of thiazole rings is 1. The van der Waals surface area contributed by atoms with E-state index >= 15 is 0 Å². The van der Waals surface area contributed by atoms with E-state index in [0.29, 0.717) is 21.4 Å². The zero-order chi connectivity index (χ0) is 26.6. The van der Waals surface area contributed by atoms with Crippen LogP contribution in [0.1, 0.15) is 21.6 Å². The van der Waals surface area contributed by atoms with Crippen molar-refractivity contribution in [2.75, 3.05) is 18.0 Å². The second-order valence-electron chi connectivity index (χ2n) is 8.17. The number of halogens is 1. The fourth-order valence-corrected chi connectivity index (χ4v) is 6.42. The lowest BCUT2D eigenvalue weighted by atomic mass is 10.2. The van der Waals surface area contributed by atoms with Gasteiger partial charge in [0, 0.05) is 24.8 Å². The molecule has 10 heteroatoms. The minimum atomic E-state index is -3.78. The Bertz CT molecular complexity index is 1500. The number of hydrogen-bond acceptors (Lipinski definition) is 6. The summed E-state index contributed by atoms with van der Waals surface area (Å²) in [6.45, 7) is 9.67. The molecule has 0 aliphatic rings. The van der Waals surface area contributed by atoms with Crippen LogP contribution in [0.2, 0.25) is 5.02 Å². The Labute approximate surface area is 225 Å². The third kappa shape index (κ3) is 5.65. The van der Waals surface area contributed by atoms with Crippen LogP contribution in [0.4, 0.5) is 5.13 Å². The number of nitrogens with zero attached hydrogens (tertiary/aromatic N) is 4. The lowest BCUT2D eigenvalue weighted by molar-refractivity contribution is 0.0984. The first-order valence-electron chi connectivity index (χ1n) is 11.4. The zero-order valence-electron chi connectivity index (χ0n) is 20.2. The number of carbonyl (C=O) groups excluding carboxylic acids is 1. The van der Waals surface area contributed by atoms with Crippen LogP contribution in [-0.2, 0) is 16.6 Å². The second kappa shape index (κ2) is 11.4. The van der Waals surface area contributed by atoms with E-state index in [9.17, 15) is 13.2 Å². The number of carbonyl (C=O) groups is 1. The first-order valence-corrected chi connectivity index (χ1v) is 14.0. The van der Waals surface area contributed by atoms with Gasteiger partial charge in [-0.2, -0.15) is 4.31 Å². The SMILES string of the molecule is C=CCN(CC=C)S(=O)(=O)c1ccc(C(=O)N(Cc2ccccn2)c2nc3c(C)ccc(Cl)c3s2)cc1. The summed E-state index contributed by atoms with van der Waals surface area (Å²) in [5.41, 5.74) is 2.68. The van der Waals surface area contributed by atoms with Gasteiger partial charge in [-0.05, 0) is 55.0 Å². The molecule has 0 radical (unpaired) electrons. The number of anilines is 1. The van der Waals surface area contributed by atoms with Gasteiger partial charge in [0.15, 0.2) is 5.13 Å². The number of fused-ring (bicyclic) bond motifs is 1. The van der Waals surface area contributed by atoms with Gasteiger partial charge in [0.25, 0.3) is 5.91 Å². The van der Waals surface area contributed by atoms with Gasteiger partial charge in [0.1, 0.15) is 0 Å². The molecule has 0 N–H and O–H groups in total. The minimum absolute atomic E-state index is 0.0754. The molecule has 190 valence electrons. The number of sulfonamides is 1. The maximum absolute atomic E-state index is 13.7. The van der Waals surface area contributed by atoms with Crippen molar-refractivity contribution in [2.45, 2.75) is 18.4 Å². The van der Waals surface area contributed by atoms with Gasteiger partial charge < -0.3 is 0 Å². The number of aromatic nitrogens is 2. The molecule has 0 fully saturated rings. The van der Waals surface area contributed by atoms with Crippen LogP contribution in [0.5, 0.6) is 0 Å². The normalized spacial score (nSPS) is 11.5. The first kappa shape index (κ1) is 26.7. The molecule has 37 heavy (non-hydrogen) atoms. The molecule has 2 aromatic heterocycles. The van der Waals surface area contributed by atoms with Crippen molar-refractivity contribution in [3.8, 4) is 0 Å². The fraction of sp³-hybridized carbons (Fsp3) is 0.148. The van der Waals surface area contributed by atoms with E-state index in [1.165, 1.54) is 57.0 Å². The molecule has 2 heterocycles. The predicted octanol–water partition coefficient (Wildman–Crippen LogP) is 5.86. The molecular formula is C27H25ClN4O3S2. The third-order valence-electron chi connectivity index (χ3n) is 5.61. The van der Waals surface area contributed by atoms with Gasteiger partial charge in [0.05, 0.1) is 32.4 Å². The van der Waals surface area contributed by atoms with E-state index < -0.39 is 10.0 Å². The van der Waals surface area contributed by atoms with E-state index in [0.717, 1.165) is 15.8 Å². The Balaban J connectivity index is 1.72. The largest absolute Gasteiger partial charge is 0.278 e. The highest BCUT2D eigenvalue weighted by atomic mass is 35.5. The monoisotopic (exact) mass is 552 g/mol. The van der Waals surface area contributed by atoms with Crippen LogP contribution in [-0.4, -0.2) is 41.7 Å². The van der Waals surface area contributed by atoms with Crippen LogP contribution in [0.3, 0.4) is 0 Å². The van der Waals surface area contributed by atoms with Crippen LogP contribution in [0.15, 0.2) is 91.0 Å². The quantitative estimate of drug-likeness (QED) is 0.230. The number of pyridine rings is 1. The van der Waals surface area contributed by atoms with Crippen molar-refractivity contribution in [1.82, 2.24) is 14.3 Å². The summed E-state index contributed by atoms with van der Waals surface area (Å²) in [6.07, 6.45) is 4.69. The summed E-state index contributed by atoms with van der Waals surface area (Å²) in [6, 6.07) is 15.1. The Morgan fingerprint density at radius 2 is 1.76 bits per heavy atom. The smallest absolute Gasteiger partial charge is 0.260 e. The Morgan fingerprint density at radius 3 is 2.35 bits per heavy atom. The van der Waals surface area contributed by atoms with Crippen LogP contribution >= 0.6 is 22.9 Å². The number of benzene rings is 2. The molecule has 2 aromatic carbocycles. The zero-order valence-corrected chi connectivity index (χ0v) is 22.6. The summed E-state index contributed by atoms with van der Waals surface area (Å²) in [7, 11) is -3.78. The van der Waals surface area contributed by atoms with Gasteiger partial charge in [-0.1, -0.05) is 47.2 Å². The maximum atomic E-state index is 13.7. The van der Waals surface area contributed by atoms with Crippen molar-refractivity contribution in [2.24, 2.45) is 0 Å². The third-order valence-corrected chi connectivity index (χ3v) is 9.00. The molecule has 0 atom stereocenters. The molecule has 0 spiro atoms. The van der Waals surface area contributed by atoms with Gasteiger partial charge in [-0.3, -0.25) is 14.7 Å². The average Bonchev–Trinajstić information content (AvgIpc) is 3.36. The number of rotatable bonds is 10. The van der Waals surface area contributed by atoms with Gasteiger partial charge in [-0.25, -0.2) is 13.4 Å². The van der Waals surface area contributed by atoms with Gasteiger partial charge >= 0.3 is 0 Å². The van der Waals surface area contributed by atoms with Crippen molar-refractivity contribution in [3.05, 3.63) is 108 Å². The molecule has 0 aliphatic carbocycles. The molecule has 0 unspecified atom stereocenters. The lowest BCUT2D eigenvalue weighted by Crippen LogP contribution is -2.32. The lowest BCUT2D eigenvalue weighted by Gasteiger charge is -2.21. The molecule has 4 rings (SSSR count). The van der Waals surface area contributed by atoms with Gasteiger partial charge in [-0.15, -0.1) is 13.2 Å². The topological polar surface area (TPSA) is 83.5 Å². The number of amides is 1. The number of aryl methyl sites for hydroxylation is 1. The van der Waals surface area contributed by atoms with Crippen molar-refractivity contribution < 1.29 is 13.2 Å². The molecule has 0 saturated heterocycles. The summed E-state index contributed by atoms with van der Waals surface area (Å²) < 4.78 is 28.2. The highest BCUT2D eigenvalue weighted by Crippen LogP contribution is 2.36. The standard InChI is InChI=1S/C27H25ClN4O3S2/c1-4-16-31(17-5-2)37(34,35)22-12-10-20(11-13-22)26(33)32(18-21-8-6-7-15-29-21)27-30-24-19(3)9-14-23(28)25(24)36-27/h4-15H,1-2,16-18H2,3H3. The average molecular weight is 553 g/mol. The summed E-state index contributed by atoms with van der Waals surface area (Å²) in [5, 5.41) is 1.04. The summed E-state index contributed by atoms with van der Waals surface area (Å²) in [5.74, 6) is -0.337. The molecule has 0 saturated carbocycles. The fourth-order valence-electron chi connectivity index (χ4n) is 3.72. The molecule has 4 aromatic rings. The van der Waals surface area contributed by atoms with E-state index in [2.05, 4.69) is 18.1 Å². The summed E-state index contributed by atoms with van der Waals surface area (Å²) in [4.78, 5) is 24.4. The highest BCUT2D eigenvalue weighted by molar-refractivity contribution is 7.89.